The largest absolute Gasteiger partial charge is 0.483 e. The molecule has 0 spiro atoms. The van der Waals surface area contributed by atoms with Gasteiger partial charge in [-0.05, 0) is 0 Å². The van der Waals surface area contributed by atoms with Crippen molar-refractivity contribution >= 4 is 6.40 Å². The molecule has 0 saturated carbocycles. The van der Waals surface area contributed by atoms with Crippen molar-refractivity contribution in [1.82, 2.24) is 0 Å². The number of nitrogens with zero attached hydrogens (tertiary/aromatic N) is 1. The zero-order valence-electron chi connectivity index (χ0n) is 3.42. The minimum absolute atomic E-state index is 0.726. The van der Waals surface area contributed by atoms with E-state index in [2.05, 4.69) is 4.99 Å². The second-order valence-corrected chi connectivity index (χ2v) is 1.09. The molecule has 0 N–H and O–H groups in total. The van der Waals surface area contributed by atoms with Gasteiger partial charge in [-0.25, -0.2) is 0 Å². The molecule has 0 aromatic heterocycles. The van der Waals surface area contributed by atoms with Gasteiger partial charge in [-0.2, -0.15) is 0 Å². The maximum atomic E-state index is 4.72. The Kier molecular flexibility index (Phi) is 1.10. The zero-order valence-corrected chi connectivity index (χ0v) is 3.42. The van der Waals surface area contributed by atoms with Crippen LogP contribution in [0, 0.1) is 6.42 Å². The Labute approximate surface area is 36.8 Å². The lowest BCUT2D eigenvalue weighted by Gasteiger charge is -2.00. The summed E-state index contributed by atoms with van der Waals surface area (Å²) in [6, 6.07) is 0. The summed E-state index contributed by atoms with van der Waals surface area (Å²) in [7, 11) is 0. The number of ether oxygens (including phenoxy) is 1. The minimum Gasteiger partial charge on any atom is -0.483 e. The average molecular weight is 84.1 g/mol. The van der Waals surface area contributed by atoms with Gasteiger partial charge in [0.15, 0.2) is 6.40 Å². The second-order valence-electron chi connectivity index (χ2n) is 1.09. The SMILES string of the molecule is [CH]1CN=COC1. The van der Waals surface area contributed by atoms with E-state index in [1.165, 1.54) is 6.40 Å². The van der Waals surface area contributed by atoms with Gasteiger partial charge >= 0.3 is 0 Å². The summed E-state index contributed by atoms with van der Waals surface area (Å²) in [4.78, 5) is 3.77. The maximum Gasteiger partial charge on any atom is 0.169 e. The van der Waals surface area contributed by atoms with Crippen molar-refractivity contribution in [2.24, 2.45) is 4.99 Å². The molecular formula is C4H6NO. The lowest BCUT2D eigenvalue weighted by molar-refractivity contribution is 0.338. The zero-order chi connectivity index (χ0) is 4.24. The Morgan fingerprint density at radius 2 is 2.67 bits per heavy atom. The van der Waals surface area contributed by atoms with E-state index >= 15 is 0 Å². The van der Waals surface area contributed by atoms with Crippen LogP contribution in [0.2, 0.25) is 0 Å². The first-order valence-corrected chi connectivity index (χ1v) is 1.92. The highest BCUT2D eigenvalue weighted by atomic mass is 16.5. The average Bonchev–Trinajstić information content (AvgIpc) is 1.72. The van der Waals surface area contributed by atoms with Crippen LogP contribution < -0.4 is 0 Å². The molecule has 1 radical (unpaired) electrons. The molecule has 0 unspecified atom stereocenters. The van der Waals surface area contributed by atoms with Crippen LogP contribution in [0.5, 0.6) is 0 Å². The van der Waals surface area contributed by atoms with Crippen LogP contribution in [0.3, 0.4) is 0 Å². The van der Waals surface area contributed by atoms with Crippen molar-refractivity contribution in [2.75, 3.05) is 13.2 Å². The lowest BCUT2D eigenvalue weighted by Crippen LogP contribution is -2.01. The molecule has 0 aromatic carbocycles. The van der Waals surface area contributed by atoms with Gasteiger partial charge in [-0.3, -0.25) is 4.99 Å². The predicted octanol–water partition coefficient (Wildman–Crippen LogP) is 0.249. The third-order valence-corrected chi connectivity index (χ3v) is 0.598. The molecule has 0 fully saturated rings. The smallest absolute Gasteiger partial charge is 0.169 e. The van der Waals surface area contributed by atoms with E-state index in [0.717, 1.165) is 13.2 Å². The minimum atomic E-state index is 0.726. The van der Waals surface area contributed by atoms with Gasteiger partial charge < -0.3 is 4.74 Å². The fraction of sp³-hybridized carbons (Fsp3) is 0.500. The molecular weight excluding hydrogens is 78.0 g/mol. The van der Waals surface area contributed by atoms with Crippen LogP contribution >= 0.6 is 0 Å². The molecule has 0 aromatic rings. The number of hydrogen-bond donors (Lipinski definition) is 0. The standard InChI is InChI=1S/C4H6NO/c1-2-5-4-6-3-1/h1,4H,2-3H2. The molecule has 0 atom stereocenters. The molecule has 1 rings (SSSR count). The Hall–Kier alpha value is -0.530. The number of hydrogen-bond acceptors (Lipinski definition) is 2. The van der Waals surface area contributed by atoms with Gasteiger partial charge in [0.1, 0.15) is 0 Å². The normalized spacial score (nSPS) is 20.0. The van der Waals surface area contributed by atoms with Crippen molar-refractivity contribution < 1.29 is 4.74 Å². The Morgan fingerprint density at radius 3 is 2.83 bits per heavy atom. The highest BCUT2D eigenvalue weighted by Crippen LogP contribution is 1.85. The Bertz CT molecular complexity index is 52.6. The van der Waals surface area contributed by atoms with E-state index in [-0.39, 0.29) is 0 Å². The number of rotatable bonds is 0. The van der Waals surface area contributed by atoms with Crippen LogP contribution in [-0.4, -0.2) is 19.6 Å². The van der Waals surface area contributed by atoms with E-state index in [1.54, 1.807) is 0 Å². The molecule has 0 aliphatic carbocycles. The van der Waals surface area contributed by atoms with Gasteiger partial charge in [0, 0.05) is 13.0 Å². The monoisotopic (exact) mass is 84.0 g/mol. The summed E-state index contributed by atoms with van der Waals surface area (Å²) < 4.78 is 4.72. The topological polar surface area (TPSA) is 21.6 Å². The fourth-order valence-electron chi connectivity index (χ4n) is 0.334. The summed E-state index contributed by atoms with van der Waals surface area (Å²) in [5.74, 6) is 0. The Balaban J connectivity index is 2.26. The van der Waals surface area contributed by atoms with Gasteiger partial charge in [0.2, 0.25) is 0 Å². The van der Waals surface area contributed by atoms with Crippen molar-refractivity contribution in [3.63, 3.8) is 0 Å². The third-order valence-electron chi connectivity index (χ3n) is 0.598. The van der Waals surface area contributed by atoms with Gasteiger partial charge in [0.05, 0.1) is 6.61 Å². The highest BCUT2D eigenvalue weighted by molar-refractivity contribution is 5.47. The summed E-state index contributed by atoms with van der Waals surface area (Å²) in [6.07, 6.45) is 3.46. The van der Waals surface area contributed by atoms with Crippen LogP contribution in [0.25, 0.3) is 0 Å². The predicted molar refractivity (Wildman–Crippen MR) is 23.6 cm³/mol. The fourth-order valence-corrected chi connectivity index (χ4v) is 0.334. The van der Waals surface area contributed by atoms with Crippen LogP contribution in [0.1, 0.15) is 0 Å². The van der Waals surface area contributed by atoms with Crippen molar-refractivity contribution in [3.8, 4) is 0 Å². The molecule has 0 amide bonds. The van der Waals surface area contributed by atoms with E-state index in [0.29, 0.717) is 0 Å². The summed E-state index contributed by atoms with van der Waals surface area (Å²) in [5, 5.41) is 0. The molecule has 0 saturated heterocycles. The van der Waals surface area contributed by atoms with Crippen molar-refractivity contribution in [3.05, 3.63) is 6.42 Å². The lowest BCUT2D eigenvalue weighted by atomic mass is 10.4. The van der Waals surface area contributed by atoms with Crippen LogP contribution in [0.15, 0.2) is 4.99 Å². The molecule has 6 heavy (non-hydrogen) atoms. The summed E-state index contributed by atoms with van der Waals surface area (Å²) in [5.41, 5.74) is 0. The first-order valence-electron chi connectivity index (χ1n) is 1.92. The molecule has 1 aliphatic rings. The van der Waals surface area contributed by atoms with Gasteiger partial charge in [-0.15, -0.1) is 0 Å². The van der Waals surface area contributed by atoms with Crippen molar-refractivity contribution in [2.45, 2.75) is 0 Å². The van der Waals surface area contributed by atoms with Gasteiger partial charge in [0.25, 0.3) is 0 Å². The molecule has 2 heteroatoms. The molecule has 1 aliphatic heterocycles. The maximum absolute atomic E-state index is 4.72. The Morgan fingerprint density at radius 1 is 1.67 bits per heavy atom. The first kappa shape index (κ1) is 3.65. The number of aliphatic imine (C=N–C) groups is 1. The second kappa shape index (κ2) is 1.80. The van der Waals surface area contributed by atoms with E-state index < -0.39 is 0 Å². The molecule has 1 heterocycles. The quantitative estimate of drug-likeness (QED) is 0.412. The highest BCUT2D eigenvalue weighted by Gasteiger charge is 1.88. The van der Waals surface area contributed by atoms with Crippen molar-refractivity contribution in [1.29, 1.82) is 0 Å². The van der Waals surface area contributed by atoms with E-state index in [9.17, 15) is 0 Å². The summed E-state index contributed by atoms with van der Waals surface area (Å²) in [6.45, 7) is 1.55. The van der Waals surface area contributed by atoms with Gasteiger partial charge in [-0.1, -0.05) is 0 Å². The molecule has 33 valence electrons. The third kappa shape index (κ3) is 0.708. The molecule has 2 nitrogen and oxygen atoms in total. The summed E-state index contributed by atoms with van der Waals surface area (Å²) >= 11 is 0. The van der Waals surface area contributed by atoms with Crippen LogP contribution in [0.4, 0.5) is 0 Å². The first-order chi connectivity index (χ1) is 3.00. The van der Waals surface area contributed by atoms with Crippen LogP contribution in [-0.2, 0) is 4.74 Å². The van der Waals surface area contributed by atoms with E-state index in [4.69, 9.17) is 4.74 Å². The molecule has 0 bridgehead atoms. The van der Waals surface area contributed by atoms with E-state index in [1.807, 2.05) is 6.42 Å².